The van der Waals surface area contributed by atoms with E-state index in [1.807, 2.05) is 12.3 Å². The Morgan fingerprint density at radius 1 is 1.38 bits per heavy atom. The third-order valence-corrected chi connectivity index (χ3v) is 4.48. The summed E-state index contributed by atoms with van der Waals surface area (Å²) in [6.07, 6.45) is 3.37. The highest BCUT2D eigenvalue weighted by Crippen LogP contribution is 2.23. The van der Waals surface area contributed by atoms with Crippen molar-refractivity contribution in [2.24, 2.45) is 0 Å². The molecule has 3 heterocycles. The molecule has 0 radical (unpaired) electrons. The van der Waals surface area contributed by atoms with Crippen molar-refractivity contribution < 1.29 is 9.47 Å². The van der Waals surface area contributed by atoms with Gasteiger partial charge < -0.3 is 9.47 Å². The fourth-order valence-electron chi connectivity index (χ4n) is 3.36. The van der Waals surface area contributed by atoms with Crippen molar-refractivity contribution in [3.8, 4) is 0 Å². The van der Waals surface area contributed by atoms with Crippen LogP contribution >= 0.6 is 0 Å². The molecule has 116 valence electrons. The Hall–Kier alpha value is -1.01. The van der Waals surface area contributed by atoms with Crippen LogP contribution in [0.4, 0.5) is 0 Å². The molecular formula is C16H25N3O2. The molecule has 2 atom stereocenters. The molecule has 0 N–H and O–H groups in total. The molecule has 1 aromatic rings. The second-order valence-electron chi connectivity index (χ2n) is 5.85. The minimum Gasteiger partial charge on any atom is -0.383 e. The lowest BCUT2D eigenvalue weighted by atomic mass is 9.98. The Balaban J connectivity index is 1.60. The summed E-state index contributed by atoms with van der Waals surface area (Å²) in [6, 6.07) is 6.62. The summed E-state index contributed by atoms with van der Waals surface area (Å²) in [5, 5.41) is 0. The molecule has 0 saturated carbocycles. The van der Waals surface area contributed by atoms with Gasteiger partial charge in [-0.05, 0) is 18.6 Å². The summed E-state index contributed by atoms with van der Waals surface area (Å²) < 4.78 is 11.2. The van der Waals surface area contributed by atoms with Crippen molar-refractivity contribution >= 4 is 0 Å². The van der Waals surface area contributed by atoms with Gasteiger partial charge >= 0.3 is 0 Å². The topological polar surface area (TPSA) is 37.8 Å². The largest absolute Gasteiger partial charge is 0.383 e. The smallest absolute Gasteiger partial charge is 0.0755 e. The number of fused-ring (bicyclic) bond motifs is 1. The highest BCUT2D eigenvalue weighted by molar-refractivity contribution is 5.04. The van der Waals surface area contributed by atoms with Gasteiger partial charge in [0.15, 0.2) is 0 Å². The van der Waals surface area contributed by atoms with E-state index >= 15 is 0 Å². The van der Waals surface area contributed by atoms with Crippen LogP contribution in [0.3, 0.4) is 0 Å². The molecule has 1 aromatic heterocycles. The lowest BCUT2D eigenvalue weighted by molar-refractivity contribution is -0.107. The quantitative estimate of drug-likeness (QED) is 0.809. The number of hydrogen-bond donors (Lipinski definition) is 0. The van der Waals surface area contributed by atoms with Crippen LogP contribution in [0.15, 0.2) is 24.4 Å². The summed E-state index contributed by atoms with van der Waals surface area (Å²) in [4.78, 5) is 9.47. The monoisotopic (exact) mass is 291 g/mol. The average Bonchev–Trinajstić information content (AvgIpc) is 2.54. The third kappa shape index (κ3) is 3.80. The van der Waals surface area contributed by atoms with Crippen LogP contribution in [0.5, 0.6) is 0 Å². The number of hydrogen-bond acceptors (Lipinski definition) is 5. The Kier molecular flexibility index (Phi) is 5.19. The van der Waals surface area contributed by atoms with Gasteiger partial charge in [0.1, 0.15) is 0 Å². The van der Waals surface area contributed by atoms with Gasteiger partial charge in [-0.3, -0.25) is 14.8 Å². The molecule has 21 heavy (non-hydrogen) atoms. The molecule has 2 aliphatic rings. The van der Waals surface area contributed by atoms with E-state index in [1.54, 1.807) is 7.11 Å². The third-order valence-electron chi connectivity index (χ3n) is 4.48. The van der Waals surface area contributed by atoms with Crippen LogP contribution in [0.2, 0.25) is 0 Å². The van der Waals surface area contributed by atoms with Gasteiger partial charge in [0.2, 0.25) is 0 Å². The number of nitrogens with zero attached hydrogens (tertiary/aromatic N) is 3. The highest BCUT2D eigenvalue weighted by atomic mass is 16.5. The van der Waals surface area contributed by atoms with E-state index in [1.165, 1.54) is 0 Å². The Morgan fingerprint density at radius 3 is 3.14 bits per heavy atom. The van der Waals surface area contributed by atoms with Gasteiger partial charge in [0, 0.05) is 52.1 Å². The first-order valence-corrected chi connectivity index (χ1v) is 7.83. The summed E-state index contributed by atoms with van der Waals surface area (Å²) in [5.74, 6) is 0. The first-order valence-electron chi connectivity index (χ1n) is 7.83. The van der Waals surface area contributed by atoms with Crippen LogP contribution in [-0.2, 0) is 16.0 Å². The van der Waals surface area contributed by atoms with Gasteiger partial charge in [0.25, 0.3) is 0 Å². The van der Waals surface area contributed by atoms with E-state index in [4.69, 9.17) is 9.47 Å². The minimum absolute atomic E-state index is 0.385. The van der Waals surface area contributed by atoms with E-state index in [0.29, 0.717) is 12.1 Å². The zero-order valence-electron chi connectivity index (χ0n) is 12.8. The zero-order valence-corrected chi connectivity index (χ0v) is 12.8. The fraction of sp³-hybridized carbons (Fsp3) is 0.688. The van der Waals surface area contributed by atoms with Crippen molar-refractivity contribution in [3.63, 3.8) is 0 Å². The van der Waals surface area contributed by atoms with Crippen molar-refractivity contribution in [1.82, 2.24) is 14.8 Å². The van der Waals surface area contributed by atoms with Gasteiger partial charge in [-0.2, -0.15) is 0 Å². The van der Waals surface area contributed by atoms with E-state index in [2.05, 4.69) is 26.9 Å². The maximum Gasteiger partial charge on any atom is 0.0755 e. The summed E-state index contributed by atoms with van der Waals surface area (Å²) >= 11 is 0. The predicted molar refractivity (Wildman–Crippen MR) is 81.1 cm³/mol. The van der Waals surface area contributed by atoms with Gasteiger partial charge in [0.05, 0.1) is 25.0 Å². The fourth-order valence-corrected chi connectivity index (χ4v) is 3.36. The number of pyridine rings is 1. The molecule has 0 aromatic carbocycles. The van der Waals surface area contributed by atoms with Crippen molar-refractivity contribution in [3.05, 3.63) is 30.1 Å². The zero-order chi connectivity index (χ0) is 14.5. The van der Waals surface area contributed by atoms with Crippen molar-refractivity contribution in [2.45, 2.75) is 25.1 Å². The van der Waals surface area contributed by atoms with Crippen LogP contribution < -0.4 is 0 Å². The van der Waals surface area contributed by atoms with Gasteiger partial charge in [-0.15, -0.1) is 0 Å². The number of aromatic nitrogens is 1. The van der Waals surface area contributed by atoms with E-state index < -0.39 is 0 Å². The Labute approximate surface area is 126 Å². The van der Waals surface area contributed by atoms with Crippen LogP contribution in [0.1, 0.15) is 12.1 Å². The Bertz CT molecular complexity index is 429. The summed E-state index contributed by atoms with van der Waals surface area (Å²) in [7, 11) is 1.77. The summed E-state index contributed by atoms with van der Waals surface area (Å²) in [6.45, 7) is 6.75. The highest BCUT2D eigenvalue weighted by Gasteiger charge is 2.36. The Morgan fingerprint density at radius 2 is 2.33 bits per heavy atom. The molecule has 5 nitrogen and oxygen atoms in total. The molecule has 0 aliphatic carbocycles. The number of ether oxygens (including phenoxy) is 2. The maximum absolute atomic E-state index is 5.97. The molecule has 3 rings (SSSR count). The van der Waals surface area contributed by atoms with Crippen LogP contribution in [0.25, 0.3) is 0 Å². The van der Waals surface area contributed by atoms with E-state index in [0.717, 1.165) is 58.1 Å². The number of rotatable bonds is 5. The van der Waals surface area contributed by atoms with Crippen LogP contribution in [-0.4, -0.2) is 73.4 Å². The van der Waals surface area contributed by atoms with Crippen LogP contribution in [0, 0.1) is 0 Å². The van der Waals surface area contributed by atoms with E-state index in [-0.39, 0.29) is 0 Å². The minimum atomic E-state index is 0.385. The lowest BCUT2D eigenvalue weighted by Gasteiger charge is -2.47. The normalized spacial score (nSPS) is 27.5. The number of likely N-dealkylation sites (tertiary alicyclic amines) is 1. The molecule has 2 aliphatic heterocycles. The summed E-state index contributed by atoms with van der Waals surface area (Å²) in [5.41, 5.74) is 1.15. The molecule has 0 amide bonds. The molecule has 2 saturated heterocycles. The molecule has 5 heteroatoms. The number of piperidine rings is 1. The molecule has 0 unspecified atom stereocenters. The lowest BCUT2D eigenvalue weighted by Crippen LogP contribution is -2.60. The SMILES string of the molecule is COCCN1CCO[C@H]2CCN(Cc3ccccn3)C[C@@H]21. The second-order valence-corrected chi connectivity index (χ2v) is 5.85. The van der Waals surface area contributed by atoms with Crippen molar-refractivity contribution in [2.75, 3.05) is 46.5 Å². The standard InChI is InChI=1S/C16H25N3O2/c1-20-10-8-19-9-11-21-16-5-7-18(13-15(16)19)12-14-4-2-3-6-17-14/h2-4,6,15-16H,5,7-13H2,1H3/t15-,16-/m0/s1. The van der Waals surface area contributed by atoms with E-state index in [9.17, 15) is 0 Å². The molecule has 2 fully saturated rings. The first kappa shape index (κ1) is 14.9. The molecule has 0 spiro atoms. The first-order chi connectivity index (χ1) is 10.4. The maximum atomic E-state index is 5.97. The number of morpholine rings is 1. The molecule has 0 bridgehead atoms. The van der Waals surface area contributed by atoms with Crippen molar-refractivity contribution in [1.29, 1.82) is 0 Å². The predicted octanol–water partition coefficient (Wildman–Crippen LogP) is 1.00. The molecular weight excluding hydrogens is 266 g/mol. The van der Waals surface area contributed by atoms with Gasteiger partial charge in [-0.25, -0.2) is 0 Å². The van der Waals surface area contributed by atoms with Gasteiger partial charge in [-0.1, -0.05) is 6.07 Å². The average molecular weight is 291 g/mol. The number of methoxy groups -OCH3 is 1. The second kappa shape index (κ2) is 7.31.